The van der Waals surface area contributed by atoms with Crippen molar-refractivity contribution in [2.24, 2.45) is 5.73 Å². The van der Waals surface area contributed by atoms with Gasteiger partial charge in [-0.2, -0.15) is 13.2 Å². The van der Waals surface area contributed by atoms with E-state index in [-0.39, 0.29) is 0 Å². The Morgan fingerprint density at radius 2 is 1.55 bits per heavy atom. The van der Waals surface area contributed by atoms with E-state index >= 15 is 0 Å². The van der Waals surface area contributed by atoms with Gasteiger partial charge in [0.15, 0.2) is 6.10 Å². The van der Waals surface area contributed by atoms with E-state index in [0.717, 1.165) is 0 Å². The molecule has 0 spiro atoms. The van der Waals surface area contributed by atoms with Crippen molar-refractivity contribution in [3.05, 3.63) is 35.9 Å². The molecule has 0 aliphatic heterocycles. The van der Waals surface area contributed by atoms with Crippen molar-refractivity contribution in [2.75, 3.05) is 6.61 Å². The molecule has 14 heteroatoms. The van der Waals surface area contributed by atoms with Crippen LogP contribution in [0.15, 0.2) is 30.3 Å². The molecule has 0 radical (unpaired) electrons. The molecule has 2 amide bonds. The highest BCUT2D eigenvalue weighted by Crippen LogP contribution is 2.21. The van der Waals surface area contributed by atoms with Crippen LogP contribution in [0.2, 0.25) is 0 Å². The van der Waals surface area contributed by atoms with Crippen LogP contribution in [0.5, 0.6) is 0 Å². The van der Waals surface area contributed by atoms with E-state index < -0.39 is 79.8 Å². The first kappa shape index (κ1) is 28.3. The van der Waals surface area contributed by atoms with Crippen molar-refractivity contribution in [3.63, 3.8) is 0 Å². The van der Waals surface area contributed by atoms with Gasteiger partial charge < -0.3 is 41.9 Å². The minimum absolute atomic E-state index is 0.370. The summed E-state index contributed by atoms with van der Waals surface area (Å²) in [6.07, 6.45) is -13.9. The summed E-state index contributed by atoms with van der Waals surface area (Å²) in [4.78, 5) is 35.2. The van der Waals surface area contributed by atoms with E-state index in [2.05, 4.69) is 5.32 Å². The lowest BCUT2D eigenvalue weighted by atomic mass is 9.99. The molecule has 0 saturated heterocycles. The Bertz CT molecular complexity index is 796. The minimum Gasteiger partial charge on any atom is -0.481 e. The Kier molecular flexibility index (Phi) is 10.7. The third kappa shape index (κ3) is 9.31. The zero-order valence-corrected chi connectivity index (χ0v) is 17.1. The van der Waals surface area contributed by atoms with Gasteiger partial charge in [0.05, 0.1) is 37.6 Å². The van der Waals surface area contributed by atoms with E-state index in [1.807, 2.05) is 5.32 Å². The number of halogens is 3. The van der Waals surface area contributed by atoms with E-state index in [9.17, 15) is 48.0 Å². The van der Waals surface area contributed by atoms with Gasteiger partial charge in [-0.1, -0.05) is 30.3 Å². The molecule has 6 atom stereocenters. The average Bonchev–Trinajstić information content (AvgIpc) is 2.74. The second-order valence-corrected chi connectivity index (χ2v) is 7.22. The predicted octanol–water partition coefficient (Wildman–Crippen LogP) is -1.84. The Balaban J connectivity index is 2.84. The number of carboxylic acids is 1. The summed E-state index contributed by atoms with van der Waals surface area (Å²) < 4.78 is 37.1. The molecule has 0 bridgehead atoms. The molecule has 6 unspecified atom stereocenters. The Morgan fingerprint density at radius 1 is 0.970 bits per heavy atom. The first-order valence-corrected chi connectivity index (χ1v) is 9.61. The number of alkyl halides is 3. The number of amides is 2. The lowest BCUT2D eigenvalue weighted by Gasteiger charge is -2.30. The number of aliphatic hydroxyl groups is 4. The average molecular weight is 481 g/mol. The van der Waals surface area contributed by atoms with Gasteiger partial charge >= 0.3 is 12.1 Å². The second-order valence-electron chi connectivity index (χ2n) is 7.22. The zero-order valence-electron chi connectivity index (χ0n) is 17.1. The summed E-state index contributed by atoms with van der Waals surface area (Å²) in [5.74, 6) is -3.96. The van der Waals surface area contributed by atoms with Crippen LogP contribution in [0.1, 0.15) is 24.4 Å². The smallest absolute Gasteiger partial charge is 0.391 e. The van der Waals surface area contributed by atoms with E-state index in [4.69, 9.17) is 10.8 Å². The number of aliphatic hydroxyl groups excluding tert-OH is 4. The van der Waals surface area contributed by atoms with Crippen LogP contribution in [-0.2, 0) is 14.4 Å². The molecular formula is C19H26F3N3O8. The number of hydrogen-bond acceptors (Lipinski definition) is 8. The molecule has 1 aromatic rings. The van der Waals surface area contributed by atoms with Crippen molar-refractivity contribution >= 4 is 17.8 Å². The highest BCUT2D eigenvalue weighted by molar-refractivity contribution is 5.83. The number of aliphatic carboxylic acids is 1. The highest BCUT2D eigenvalue weighted by Gasteiger charge is 2.38. The van der Waals surface area contributed by atoms with Crippen molar-refractivity contribution in [3.8, 4) is 0 Å². The van der Waals surface area contributed by atoms with Crippen molar-refractivity contribution in [1.82, 2.24) is 10.6 Å². The number of nitrogens with two attached hydrogens (primary N) is 1. The molecule has 1 rings (SSSR count). The number of rotatable bonds is 12. The summed E-state index contributed by atoms with van der Waals surface area (Å²) in [6.45, 7) is -1.08. The number of carbonyl (C=O) groups is 3. The lowest BCUT2D eigenvalue weighted by Crippen LogP contribution is -2.58. The molecule has 0 aromatic heterocycles. The molecular weight excluding hydrogens is 455 g/mol. The molecule has 33 heavy (non-hydrogen) atoms. The molecule has 0 aliphatic rings. The molecule has 0 saturated carbocycles. The largest absolute Gasteiger partial charge is 0.481 e. The molecule has 9 N–H and O–H groups in total. The van der Waals surface area contributed by atoms with Gasteiger partial charge in [-0.05, 0) is 5.56 Å². The molecule has 0 aliphatic carbocycles. The lowest BCUT2D eigenvalue weighted by molar-refractivity contribution is -0.150. The van der Waals surface area contributed by atoms with Gasteiger partial charge in [-0.15, -0.1) is 0 Å². The highest BCUT2D eigenvalue weighted by atomic mass is 19.4. The van der Waals surface area contributed by atoms with Gasteiger partial charge in [0, 0.05) is 0 Å². The summed E-state index contributed by atoms with van der Waals surface area (Å²) in [7, 11) is 0. The van der Waals surface area contributed by atoms with Gasteiger partial charge in [0.1, 0.15) is 12.2 Å². The Morgan fingerprint density at radius 3 is 2.03 bits per heavy atom. The summed E-state index contributed by atoms with van der Waals surface area (Å²) >= 11 is 0. The second kappa shape index (κ2) is 12.5. The topological polar surface area (TPSA) is 202 Å². The van der Waals surface area contributed by atoms with Crippen LogP contribution in [0, 0.1) is 0 Å². The summed E-state index contributed by atoms with van der Waals surface area (Å²) in [5.41, 5.74) is 5.49. The first-order valence-electron chi connectivity index (χ1n) is 9.61. The normalized spacial score (nSPS) is 17.2. The fourth-order valence-electron chi connectivity index (χ4n) is 2.82. The van der Waals surface area contributed by atoms with Gasteiger partial charge in [-0.3, -0.25) is 14.4 Å². The maximum Gasteiger partial charge on any atom is 0.391 e. The van der Waals surface area contributed by atoms with Crippen molar-refractivity contribution in [2.45, 2.75) is 55.5 Å². The molecule has 1 aromatic carbocycles. The number of benzene rings is 1. The maximum atomic E-state index is 12.4. The van der Waals surface area contributed by atoms with Crippen LogP contribution in [0.4, 0.5) is 13.2 Å². The van der Waals surface area contributed by atoms with E-state index in [0.29, 0.717) is 5.56 Å². The molecule has 11 nitrogen and oxygen atoms in total. The number of carboxylic acid groups (broad SMARTS) is 1. The SMILES string of the molecule is NC(CC(F)(F)F)C(=O)NC(CO)C(O)C(O)C(O)C(=O)NC(CC(=O)O)c1ccccc1. The number of hydrogen-bond donors (Lipinski definition) is 8. The van der Waals surface area contributed by atoms with Crippen LogP contribution in [0.3, 0.4) is 0 Å². The third-order valence-corrected chi connectivity index (χ3v) is 4.56. The molecule has 0 heterocycles. The number of nitrogens with one attached hydrogen (secondary N) is 2. The van der Waals surface area contributed by atoms with Crippen LogP contribution in [0.25, 0.3) is 0 Å². The minimum atomic E-state index is -4.76. The summed E-state index contributed by atoms with van der Waals surface area (Å²) in [6, 6.07) is 2.84. The Hall–Kier alpha value is -2.78. The van der Waals surface area contributed by atoms with Crippen LogP contribution in [-0.4, -0.2) is 86.5 Å². The first-order chi connectivity index (χ1) is 15.3. The molecule has 186 valence electrons. The van der Waals surface area contributed by atoms with E-state index in [1.54, 1.807) is 18.2 Å². The fourth-order valence-corrected chi connectivity index (χ4v) is 2.82. The van der Waals surface area contributed by atoms with Crippen molar-refractivity contribution < 1.29 is 53.1 Å². The monoisotopic (exact) mass is 481 g/mol. The van der Waals surface area contributed by atoms with Crippen LogP contribution < -0.4 is 16.4 Å². The summed E-state index contributed by atoms with van der Waals surface area (Å²) in [5, 5.41) is 52.7. The van der Waals surface area contributed by atoms with Gasteiger partial charge in [0.2, 0.25) is 5.91 Å². The quantitative estimate of drug-likeness (QED) is 0.169. The standard InChI is InChI=1S/C19H26F3N3O8/c20-19(21,22)7-10(23)17(32)25-12(8-26)14(29)15(30)16(31)18(33)24-11(6-13(27)28)9-4-2-1-3-5-9/h1-5,10-12,14-16,26,29-31H,6-8,23H2,(H,24,33)(H,25,32)(H,27,28). The molecule has 0 fully saturated rings. The third-order valence-electron chi connectivity index (χ3n) is 4.56. The predicted molar refractivity (Wildman–Crippen MR) is 105 cm³/mol. The number of carbonyl (C=O) groups excluding carboxylic acids is 2. The van der Waals surface area contributed by atoms with Crippen LogP contribution >= 0.6 is 0 Å². The Labute approximate surface area is 186 Å². The van der Waals surface area contributed by atoms with Gasteiger partial charge in [-0.25, -0.2) is 0 Å². The van der Waals surface area contributed by atoms with Crippen molar-refractivity contribution in [1.29, 1.82) is 0 Å². The maximum absolute atomic E-state index is 12.4. The fraction of sp³-hybridized carbons (Fsp3) is 0.526. The van der Waals surface area contributed by atoms with Gasteiger partial charge in [0.25, 0.3) is 5.91 Å². The van der Waals surface area contributed by atoms with E-state index in [1.165, 1.54) is 12.1 Å². The zero-order chi connectivity index (χ0) is 25.3.